The Morgan fingerprint density at radius 3 is 2.19 bits per heavy atom. The summed E-state index contributed by atoms with van der Waals surface area (Å²) < 4.78 is 18.2. The third-order valence-corrected chi connectivity index (χ3v) is 5.53. The Morgan fingerprint density at radius 2 is 1.50 bits per heavy atom. The van der Waals surface area contributed by atoms with Gasteiger partial charge in [-0.05, 0) is 29.7 Å². The van der Waals surface area contributed by atoms with Crippen LogP contribution in [0.1, 0.15) is 20.7 Å². The summed E-state index contributed by atoms with van der Waals surface area (Å²) in [5, 5.41) is 3.89. The molecule has 0 aromatic heterocycles. The van der Waals surface area contributed by atoms with Gasteiger partial charge in [-0.3, -0.25) is 4.79 Å². The second kappa shape index (κ2) is 7.49. The normalized spacial score (nSPS) is 11.8. The number of methoxy groups -OCH3 is 1. The number of hydrogen-bond donors (Lipinski definition) is 1. The molecule has 0 aliphatic carbocycles. The van der Waals surface area contributed by atoms with E-state index in [2.05, 4.69) is 5.32 Å². The Bertz CT molecular complexity index is 1020. The lowest BCUT2D eigenvalue weighted by Crippen LogP contribution is -2.19. The molecule has 0 aliphatic rings. The number of esters is 1. The topological polar surface area (TPSA) is 72.5 Å². The van der Waals surface area contributed by atoms with Gasteiger partial charge in [-0.1, -0.05) is 36.4 Å². The number of carbonyl (C=O) groups excluding carboxylic acids is 2. The van der Waals surface area contributed by atoms with Gasteiger partial charge in [0.1, 0.15) is 0 Å². The Hall–Kier alpha value is -2.99. The fourth-order valence-electron chi connectivity index (χ4n) is 2.81. The minimum atomic E-state index is -1.65. The van der Waals surface area contributed by atoms with Crippen LogP contribution in [0.15, 0.2) is 70.5 Å². The Labute approximate surface area is 153 Å². The Balaban J connectivity index is 2.26. The van der Waals surface area contributed by atoms with E-state index in [4.69, 9.17) is 4.74 Å². The molecule has 3 rings (SSSR count). The molecule has 0 saturated heterocycles. The second-order valence-electron chi connectivity index (χ2n) is 5.50. The summed E-state index contributed by atoms with van der Waals surface area (Å²) in [5.74, 6) is -0.818. The van der Waals surface area contributed by atoms with Crippen molar-refractivity contribution in [3.63, 3.8) is 0 Å². The maximum atomic E-state index is 13.3. The molecule has 0 radical (unpaired) electrons. The molecule has 0 spiro atoms. The molecular weight excluding hydrogens is 350 g/mol. The smallest absolute Gasteiger partial charge is 0.338 e. The summed E-state index contributed by atoms with van der Waals surface area (Å²) >= 11 is 0. The van der Waals surface area contributed by atoms with Crippen LogP contribution in [-0.4, -0.2) is 30.2 Å². The van der Waals surface area contributed by atoms with Gasteiger partial charge in [0.2, 0.25) is 0 Å². The molecule has 0 heterocycles. The minimum absolute atomic E-state index is 0.317. The Morgan fingerprint density at radius 1 is 0.885 bits per heavy atom. The molecule has 0 aliphatic heterocycles. The number of amides is 1. The molecule has 0 bridgehead atoms. The van der Waals surface area contributed by atoms with Crippen LogP contribution in [0.5, 0.6) is 0 Å². The Kier molecular flexibility index (Phi) is 5.14. The first kappa shape index (κ1) is 17.8. The van der Waals surface area contributed by atoms with Gasteiger partial charge in [0, 0.05) is 12.4 Å². The maximum Gasteiger partial charge on any atom is 0.338 e. The van der Waals surface area contributed by atoms with Gasteiger partial charge >= 0.3 is 5.97 Å². The summed E-state index contributed by atoms with van der Waals surface area (Å²) in [5.41, 5.74) is 0.673. The molecule has 3 aromatic carbocycles. The molecule has 26 heavy (non-hydrogen) atoms. The number of benzene rings is 3. The van der Waals surface area contributed by atoms with Gasteiger partial charge in [0.25, 0.3) is 5.91 Å². The van der Waals surface area contributed by atoms with Crippen molar-refractivity contribution in [1.29, 1.82) is 0 Å². The molecule has 1 amide bonds. The predicted octanol–water partition coefficient (Wildman–Crippen LogP) is 3.15. The van der Waals surface area contributed by atoms with Gasteiger partial charge in [-0.25, -0.2) is 9.00 Å². The highest BCUT2D eigenvalue weighted by molar-refractivity contribution is 7.85. The van der Waals surface area contributed by atoms with Gasteiger partial charge in [0.15, 0.2) is 0 Å². The van der Waals surface area contributed by atoms with Crippen LogP contribution in [0.2, 0.25) is 0 Å². The van der Waals surface area contributed by atoms with Crippen molar-refractivity contribution in [3.8, 4) is 0 Å². The highest BCUT2D eigenvalue weighted by Gasteiger charge is 2.21. The molecule has 6 heteroatoms. The summed E-state index contributed by atoms with van der Waals surface area (Å²) in [7, 11) is 1.18. The third kappa shape index (κ3) is 3.11. The first-order valence-corrected chi connectivity index (χ1v) is 9.06. The van der Waals surface area contributed by atoms with Crippen LogP contribution < -0.4 is 5.32 Å². The van der Waals surface area contributed by atoms with Gasteiger partial charge in [-0.2, -0.15) is 0 Å². The zero-order chi connectivity index (χ0) is 18.7. The van der Waals surface area contributed by atoms with E-state index in [0.717, 1.165) is 5.39 Å². The first-order valence-electron chi connectivity index (χ1n) is 7.91. The highest BCUT2D eigenvalue weighted by atomic mass is 32.2. The van der Waals surface area contributed by atoms with Crippen molar-refractivity contribution in [2.75, 3.05) is 14.2 Å². The van der Waals surface area contributed by atoms with Gasteiger partial charge in [-0.15, -0.1) is 0 Å². The van der Waals surface area contributed by atoms with E-state index in [9.17, 15) is 13.8 Å². The summed E-state index contributed by atoms with van der Waals surface area (Å²) in [6.07, 6.45) is 0. The van der Waals surface area contributed by atoms with Crippen LogP contribution in [0.3, 0.4) is 0 Å². The molecule has 1 unspecified atom stereocenters. The van der Waals surface area contributed by atoms with Crippen molar-refractivity contribution in [3.05, 3.63) is 71.8 Å². The maximum absolute atomic E-state index is 13.3. The molecule has 1 atom stereocenters. The highest BCUT2D eigenvalue weighted by Crippen LogP contribution is 2.30. The first-order chi connectivity index (χ1) is 12.6. The zero-order valence-electron chi connectivity index (χ0n) is 14.3. The molecule has 3 aromatic rings. The van der Waals surface area contributed by atoms with E-state index < -0.39 is 16.8 Å². The van der Waals surface area contributed by atoms with Crippen LogP contribution in [0.4, 0.5) is 0 Å². The van der Waals surface area contributed by atoms with E-state index in [1.807, 2.05) is 12.1 Å². The molecule has 0 fully saturated rings. The second-order valence-corrected chi connectivity index (χ2v) is 6.91. The number of ether oxygens (including phenoxy) is 1. The molecule has 0 saturated carbocycles. The average Bonchev–Trinajstić information content (AvgIpc) is 2.71. The molecule has 132 valence electrons. The lowest BCUT2D eigenvalue weighted by Gasteiger charge is -2.12. The minimum Gasteiger partial charge on any atom is -0.465 e. The van der Waals surface area contributed by atoms with E-state index in [0.29, 0.717) is 26.3 Å². The summed E-state index contributed by atoms with van der Waals surface area (Å²) in [4.78, 5) is 25.2. The molecule has 1 N–H and O–H groups in total. The lowest BCUT2D eigenvalue weighted by atomic mass is 10.0. The largest absolute Gasteiger partial charge is 0.465 e. The molecule has 5 nitrogen and oxygen atoms in total. The van der Waals surface area contributed by atoms with E-state index in [-0.39, 0.29) is 5.91 Å². The quantitative estimate of drug-likeness (QED) is 0.719. The standard InChI is InChI=1S/C20H17NO4S/c1-21-19(22)14-9-3-4-11-16(14)26(24)17-12-6-8-13-7-5-10-15(18(13)17)20(23)25-2/h3-12H,1-2H3,(H,21,22). The van der Waals surface area contributed by atoms with E-state index in [1.54, 1.807) is 48.5 Å². The van der Waals surface area contributed by atoms with Crippen LogP contribution in [0.25, 0.3) is 10.8 Å². The lowest BCUT2D eigenvalue weighted by molar-refractivity contribution is 0.0602. The third-order valence-electron chi connectivity index (χ3n) is 4.03. The van der Waals surface area contributed by atoms with Gasteiger partial charge < -0.3 is 10.1 Å². The average molecular weight is 367 g/mol. The molecular formula is C20H17NO4S. The van der Waals surface area contributed by atoms with Crippen LogP contribution in [0, 0.1) is 0 Å². The van der Waals surface area contributed by atoms with E-state index >= 15 is 0 Å². The van der Waals surface area contributed by atoms with E-state index in [1.165, 1.54) is 14.2 Å². The number of carbonyl (C=O) groups is 2. The monoisotopic (exact) mass is 367 g/mol. The fourth-order valence-corrected chi connectivity index (χ4v) is 4.23. The summed E-state index contributed by atoms with van der Waals surface area (Å²) in [6.45, 7) is 0. The SMILES string of the molecule is CNC(=O)c1ccccc1S(=O)c1cccc2cccc(C(=O)OC)c12. The fraction of sp³-hybridized carbons (Fsp3) is 0.100. The van der Waals surface area contributed by atoms with Crippen molar-refractivity contribution in [2.45, 2.75) is 9.79 Å². The zero-order valence-corrected chi connectivity index (χ0v) is 15.1. The number of nitrogens with one attached hydrogen (secondary N) is 1. The van der Waals surface area contributed by atoms with Crippen molar-refractivity contribution >= 4 is 33.4 Å². The van der Waals surface area contributed by atoms with Crippen molar-refractivity contribution in [2.24, 2.45) is 0 Å². The predicted molar refractivity (Wildman–Crippen MR) is 99.8 cm³/mol. The number of hydrogen-bond acceptors (Lipinski definition) is 4. The van der Waals surface area contributed by atoms with Crippen molar-refractivity contribution in [1.82, 2.24) is 5.32 Å². The van der Waals surface area contributed by atoms with Crippen LogP contribution >= 0.6 is 0 Å². The van der Waals surface area contributed by atoms with Gasteiger partial charge in [0.05, 0.1) is 38.8 Å². The number of fused-ring (bicyclic) bond motifs is 1. The summed E-state index contributed by atoms with van der Waals surface area (Å²) in [6, 6.07) is 17.3. The van der Waals surface area contributed by atoms with Crippen molar-refractivity contribution < 1.29 is 18.5 Å². The number of rotatable bonds is 4. The van der Waals surface area contributed by atoms with Crippen LogP contribution in [-0.2, 0) is 15.5 Å².